The van der Waals surface area contributed by atoms with Gasteiger partial charge in [0.1, 0.15) is 0 Å². The Balaban J connectivity index is 2.22. The third kappa shape index (κ3) is 3.90. The van der Waals surface area contributed by atoms with E-state index in [0.717, 1.165) is 19.3 Å². The molecule has 0 aliphatic rings. The molecule has 0 aliphatic heterocycles. The first-order chi connectivity index (χ1) is 6.70. The van der Waals surface area contributed by atoms with Gasteiger partial charge in [0.05, 0.1) is 0 Å². The van der Waals surface area contributed by atoms with Gasteiger partial charge < -0.3 is 11.5 Å². The molecule has 1 aromatic carbocycles. The Kier molecular flexibility index (Phi) is 4.63. The van der Waals surface area contributed by atoms with Crippen LogP contribution in [-0.2, 0) is 6.42 Å². The lowest BCUT2D eigenvalue weighted by atomic mass is 10.0. The second kappa shape index (κ2) is 5.78. The van der Waals surface area contributed by atoms with E-state index < -0.39 is 0 Å². The zero-order valence-electron chi connectivity index (χ0n) is 8.82. The van der Waals surface area contributed by atoms with Crippen LogP contribution in [0.3, 0.4) is 0 Å². The average molecular weight is 192 g/mol. The summed E-state index contributed by atoms with van der Waals surface area (Å²) in [5.41, 5.74) is 12.9. The molecule has 1 rings (SSSR count). The summed E-state index contributed by atoms with van der Waals surface area (Å²) in [4.78, 5) is 0. The molecule has 2 nitrogen and oxygen atoms in total. The zero-order chi connectivity index (χ0) is 10.4. The first-order valence-electron chi connectivity index (χ1n) is 5.25. The fraction of sp³-hybridized carbons (Fsp3) is 0.500. The molecular weight excluding hydrogens is 172 g/mol. The van der Waals surface area contributed by atoms with Crippen molar-refractivity contribution in [1.29, 1.82) is 0 Å². The Morgan fingerprint density at radius 3 is 2.36 bits per heavy atom. The van der Waals surface area contributed by atoms with Crippen LogP contribution in [0.4, 0.5) is 0 Å². The molecule has 2 unspecified atom stereocenters. The van der Waals surface area contributed by atoms with Gasteiger partial charge >= 0.3 is 0 Å². The van der Waals surface area contributed by atoms with E-state index in [9.17, 15) is 0 Å². The highest BCUT2D eigenvalue weighted by Gasteiger charge is 2.06. The predicted octanol–water partition coefficient (Wildman–Crippen LogP) is 1.68. The van der Waals surface area contributed by atoms with Crippen LogP contribution in [0.15, 0.2) is 30.3 Å². The summed E-state index contributed by atoms with van der Waals surface area (Å²) < 4.78 is 0. The van der Waals surface area contributed by atoms with Crippen molar-refractivity contribution in [3.8, 4) is 0 Å². The maximum atomic E-state index is 5.86. The minimum Gasteiger partial charge on any atom is -0.327 e. The second-order valence-corrected chi connectivity index (χ2v) is 3.90. The van der Waals surface area contributed by atoms with Crippen LogP contribution in [0.1, 0.15) is 25.3 Å². The molecule has 0 saturated heterocycles. The van der Waals surface area contributed by atoms with Gasteiger partial charge in [0, 0.05) is 12.1 Å². The van der Waals surface area contributed by atoms with Gasteiger partial charge in [0.25, 0.3) is 0 Å². The first kappa shape index (κ1) is 11.2. The lowest BCUT2D eigenvalue weighted by Crippen LogP contribution is -2.38. The molecule has 0 radical (unpaired) electrons. The molecule has 2 atom stereocenters. The molecule has 0 fully saturated rings. The molecule has 0 heterocycles. The van der Waals surface area contributed by atoms with Crippen molar-refractivity contribution < 1.29 is 0 Å². The van der Waals surface area contributed by atoms with Crippen LogP contribution < -0.4 is 11.5 Å². The molecule has 14 heavy (non-hydrogen) atoms. The van der Waals surface area contributed by atoms with E-state index in [0.29, 0.717) is 0 Å². The Bertz CT molecular complexity index is 244. The Hall–Kier alpha value is -0.860. The molecule has 0 aliphatic carbocycles. The summed E-state index contributed by atoms with van der Waals surface area (Å²) in [6, 6.07) is 10.7. The number of rotatable bonds is 5. The van der Waals surface area contributed by atoms with Crippen molar-refractivity contribution in [2.24, 2.45) is 11.5 Å². The van der Waals surface area contributed by atoms with E-state index in [1.165, 1.54) is 5.56 Å². The van der Waals surface area contributed by atoms with E-state index in [1.807, 2.05) is 13.0 Å². The van der Waals surface area contributed by atoms with E-state index >= 15 is 0 Å². The van der Waals surface area contributed by atoms with E-state index in [-0.39, 0.29) is 12.1 Å². The quantitative estimate of drug-likeness (QED) is 0.746. The Morgan fingerprint density at radius 2 is 1.79 bits per heavy atom. The first-order valence-corrected chi connectivity index (χ1v) is 5.25. The summed E-state index contributed by atoms with van der Waals surface area (Å²) in [5, 5.41) is 0. The van der Waals surface area contributed by atoms with Gasteiger partial charge in [-0.15, -0.1) is 0 Å². The molecule has 78 valence electrons. The number of hydrogen-bond donors (Lipinski definition) is 2. The van der Waals surface area contributed by atoms with Gasteiger partial charge in [-0.3, -0.25) is 0 Å². The van der Waals surface area contributed by atoms with Crippen molar-refractivity contribution >= 4 is 0 Å². The van der Waals surface area contributed by atoms with Crippen molar-refractivity contribution in [2.45, 2.75) is 38.3 Å². The van der Waals surface area contributed by atoms with Crippen molar-refractivity contribution in [1.82, 2.24) is 0 Å². The van der Waals surface area contributed by atoms with E-state index in [2.05, 4.69) is 24.3 Å². The molecule has 0 amide bonds. The zero-order valence-corrected chi connectivity index (χ0v) is 8.82. The lowest BCUT2D eigenvalue weighted by molar-refractivity contribution is 0.507. The molecule has 4 N–H and O–H groups in total. The predicted molar refractivity (Wildman–Crippen MR) is 61.0 cm³/mol. The highest BCUT2D eigenvalue weighted by atomic mass is 14.8. The third-order valence-corrected chi connectivity index (χ3v) is 2.52. The van der Waals surface area contributed by atoms with Crippen molar-refractivity contribution in [2.75, 3.05) is 0 Å². The van der Waals surface area contributed by atoms with Crippen LogP contribution >= 0.6 is 0 Å². The summed E-state index contributed by atoms with van der Waals surface area (Å²) in [6.07, 6.45) is 3.22. The third-order valence-electron chi connectivity index (χ3n) is 2.52. The van der Waals surface area contributed by atoms with E-state index in [4.69, 9.17) is 11.5 Å². The molecule has 0 saturated carbocycles. The fourth-order valence-electron chi connectivity index (χ4n) is 1.45. The second-order valence-electron chi connectivity index (χ2n) is 3.90. The van der Waals surface area contributed by atoms with Crippen LogP contribution in [0, 0.1) is 0 Å². The topological polar surface area (TPSA) is 52.0 Å². The number of nitrogens with two attached hydrogens (primary N) is 2. The smallest absolute Gasteiger partial charge is 0.0189 e. The largest absolute Gasteiger partial charge is 0.327 e. The van der Waals surface area contributed by atoms with Gasteiger partial charge in [0.2, 0.25) is 0 Å². The Morgan fingerprint density at radius 1 is 1.14 bits per heavy atom. The minimum atomic E-state index is 0.103. The van der Waals surface area contributed by atoms with Gasteiger partial charge in [-0.05, 0) is 31.7 Å². The maximum Gasteiger partial charge on any atom is 0.0189 e. The fourth-order valence-corrected chi connectivity index (χ4v) is 1.45. The van der Waals surface area contributed by atoms with Crippen LogP contribution in [0.25, 0.3) is 0 Å². The summed E-state index contributed by atoms with van der Waals surface area (Å²) in [5.74, 6) is 0. The van der Waals surface area contributed by atoms with Crippen LogP contribution in [0.2, 0.25) is 0 Å². The SMILES string of the molecule is CC(N)C(N)CCCc1ccccc1. The average Bonchev–Trinajstić information content (AvgIpc) is 2.19. The minimum absolute atomic E-state index is 0.103. The van der Waals surface area contributed by atoms with Gasteiger partial charge in [-0.1, -0.05) is 30.3 Å². The molecule has 1 aromatic rings. The summed E-state index contributed by atoms with van der Waals surface area (Å²) in [7, 11) is 0. The number of aryl methyl sites for hydroxylation is 1. The molecule has 0 spiro atoms. The maximum absolute atomic E-state index is 5.86. The molecule has 0 aromatic heterocycles. The normalized spacial score (nSPS) is 15.1. The van der Waals surface area contributed by atoms with Crippen molar-refractivity contribution in [3.63, 3.8) is 0 Å². The van der Waals surface area contributed by atoms with Gasteiger partial charge in [-0.2, -0.15) is 0 Å². The highest BCUT2D eigenvalue weighted by Crippen LogP contribution is 2.06. The Labute approximate surface area is 86.3 Å². The summed E-state index contributed by atoms with van der Waals surface area (Å²) in [6.45, 7) is 1.97. The molecule has 2 heteroatoms. The van der Waals surface area contributed by atoms with E-state index in [1.54, 1.807) is 0 Å². The van der Waals surface area contributed by atoms with Gasteiger partial charge in [-0.25, -0.2) is 0 Å². The van der Waals surface area contributed by atoms with Crippen LogP contribution in [-0.4, -0.2) is 12.1 Å². The molecular formula is C12H20N2. The van der Waals surface area contributed by atoms with Crippen molar-refractivity contribution in [3.05, 3.63) is 35.9 Å². The highest BCUT2D eigenvalue weighted by molar-refractivity contribution is 5.14. The molecule has 0 bridgehead atoms. The monoisotopic (exact) mass is 192 g/mol. The number of benzene rings is 1. The standard InChI is InChI=1S/C12H20N2/c1-10(13)12(14)9-5-8-11-6-3-2-4-7-11/h2-4,6-7,10,12H,5,8-9,13-14H2,1H3. The van der Waals surface area contributed by atoms with Gasteiger partial charge in [0.15, 0.2) is 0 Å². The lowest BCUT2D eigenvalue weighted by Gasteiger charge is -2.14. The number of hydrogen-bond acceptors (Lipinski definition) is 2. The van der Waals surface area contributed by atoms with Crippen LogP contribution in [0.5, 0.6) is 0 Å². The summed E-state index contributed by atoms with van der Waals surface area (Å²) >= 11 is 0.